The molecule has 1 aromatic rings. The van der Waals surface area contributed by atoms with Gasteiger partial charge in [-0.05, 0) is 62.1 Å². The molecule has 0 radical (unpaired) electrons. The highest BCUT2D eigenvalue weighted by atomic mass is 16.4. The molecule has 0 bridgehead atoms. The number of hydrogen-bond acceptors (Lipinski definition) is 15. The second kappa shape index (κ2) is 31.4. The van der Waals surface area contributed by atoms with Gasteiger partial charge in [-0.25, -0.2) is 4.79 Å². The zero-order valence-corrected chi connectivity index (χ0v) is 40.8. The molecular weight excluding hydrogens is 951 g/mol. The Hall–Kier alpha value is -7.82. The van der Waals surface area contributed by atoms with Crippen molar-refractivity contribution in [3.05, 3.63) is 29.8 Å². The second-order valence-corrected chi connectivity index (χ2v) is 17.1. The lowest BCUT2D eigenvalue weighted by Gasteiger charge is -2.29. The number of rotatable bonds is 32. The predicted molar refractivity (Wildman–Crippen MR) is 258 cm³/mol. The molecule has 0 heterocycles. The number of nitrogens with zero attached hydrogens (tertiary/aromatic N) is 2. The van der Waals surface area contributed by atoms with E-state index in [-0.39, 0.29) is 62.9 Å². The third kappa shape index (κ3) is 23.2. The molecule has 0 saturated carbocycles. The molecule has 29 nitrogen and oxygen atoms in total. The summed E-state index contributed by atoms with van der Waals surface area (Å²) < 4.78 is 0. The summed E-state index contributed by atoms with van der Waals surface area (Å²) in [5.41, 5.74) is 27.5. The summed E-state index contributed by atoms with van der Waals surface area (Å²) >= 11 is 0. The highest BCUT2D eigenvalue weighted by molar-refractivity contribution is 5.99. The highest BCUT2D eigenvalue weighted by Crippen LogP contribution is 2.13. The minimum absolute atomic E-state index is 0.00100. The molecule has 8 atom stereocenters. The Morgan fingerprint density at radius 3 is 1.38 bits per heavy atom. The van der Waals surface area contributed by atoms with Crippen LogP contribution in [0.15, 0.2) is 34.3 Å². The van der Waals surface area contributed by atoms with E-state index in [0.29, 0.717) is 5.56 Å². The molecule has 0 saturated heterocycles. The van der Waals surface area contributed by atoms with E-state index in [2.05, 4.69) is 52.5 Å². The van der Waals surface area contributed by atoms with Gasteiger partial charge in [0.1, 0.15) is 54.1 Å². The SMILES string of the molecule is CC(C)[C@H](NC(=O)[C@H](CCCN=C(N)N)NC(=O)CN)C(=O)N[C@@H](CCCN=C(N)N)C(=O)N[C@H](C(=O)N[C@H](CC(=O)O)C(=O)N[C@@H](CO)C(=O)N[C@@H](C)C(=O)N[C@@H](Cc1ccc(O)cc1)C(=O)O)C(C)C. The number of hydrogen-bond donors (Lipinski definition) is 17. The van der Waals surface area contributed by atoms with Crippen molar-refractivity contribution >= 4 is 71.1 Å². The fourth-order valence-corrected chi connectivity index (χ4v) is 6.49. The minimum Gasteiger partial charge on any atom is -0.508 e. The van der Waals surface area contributed by atoms with Gasteiger partial charge in [0, 0.05) is 19.5 Å². The van der Waals surface area contributed by atoms with Crippen LogP contribution in [0.1, 0.15) is 72.3 Å². The van der Waals surface area contributed by atoms with Gasteiger partial charge in [-0.15, -0.1) is 0 Å². The van der Waals surface area contributed by atoms with Crippen molar-refractivity contribution in [3.8, 4) is 5.75 Å². The molecular formula is C43H71N15O14. The molecule has 0 aromatic heterocycles. The van der Waals surface area contributed by atoms with E-state index in [1.165, 1.54) is 45.0 Å². The lowest BCUT2D eigenvalue weighted by molar-refractivity contribution is -0.142. The van der Waals surface area contributed by atoms with E-state index in [0.717, 1.165) is 0 Å². The number of aliphatic hydroxyl groups is 1. The molecule has 0 unspecified atom stereocenters. The maximum absolute atomic E-state index is 14.0. The number of carboxylic acid groups (broad SMARTS) is 2. The van der Waals surface area contributed by atoms with E-state index in [1.807, 2.05) is 0 Å². The first kappa shape index (κ1) is 62.2. The summed E-state index contributed by atoms with van der Waals surface area (Å²) in [6.07, 6.45) is -0.997. The Morgan fingerprint density at radius 1 is 0.542 bits per heavy atom. The van der Waals surface area contributed by atoms with Crippen LogP contribution in [0.2, 0.25) is 0 Å². The standard InChI is InChI=1S/C43H71N15O14/c1-20(2)32(57-35(65)25(52-30(61)18-44)8-6-14-49-42(45)46)39(69)53-26(9-7-15-50-43(47)48)36(66)58-33(21(3)4)40(70)54-27(17-31(62)63)37(67)56-29(19-59)38(68)51-22(5)34(64)55-28(41(71)72)16-23-10-12-24(60)13-11-23/h10-13,20-22,25-29,32-33,59-60H,6-9,14-19,44H2,1-5H3,(H,51,68)(H,52,61)(H,53,69)(H,54,70)(H,55,64)(H,56,67)(H,57,65)(H,58,66)(H,62,63)(H,71,72)(H4,45,46,49)(H4,47,48,50)/t22-,25-,26-,27+,28-,29-,32-,33-/m0/s1. The van der Waals surface area contributed by atoms with Crippen molar-refractivity contribution in [2.75, 3.05) is 26.2 Å². The van der Waals surface area contributed by atoms with Gasteiger partial charge in [-0.3, -0.25) is 53.1 Å². The Balaban J connectivity index is 3.28. The number of nitrogens with two attached hydrogens (primary N) is 5. The van der Waals surface area contributed by atoms with Crippen molar-refractivity contribution < 1.29 is 68.4 Å². The van der Waals surface area contributed by atoms with E-state index in [1.54, 1.807) is 13.8 Å². The van der Waals surface area contributed by atoms with Crippen LogP contribution in [-0.4, -0.2) is 166 Å². The first-order valence-corrected chi connectivity index (χ1v) is 22.8. The Kier molecular flexibility index (Phi) is 27.1. The van der Waals surface area contributed by atoms with E-state index >= 15 is 0 Å². The molecule has 22 N–H and O–H groups in total. The zero-order chi connectivity index (χ0) is 54.8. The molecule has 0 aliphatic carbocycles. The number of guanidine groups is 2. The summed E-state index contributed by atoms with van der Waals surface area (Å²) in [5, 5.41) is 57.9. The zero-order valence-electron chi connectivity index (χ0n) is 40.8. The fourth-order valence-electron chi connectivity index (χ4n) is 6.49. The summed E-state index contributed by atoms with van der Waals surface area (Å²) in [6, 6.07) is -6.53. The van der Waals surface area contributed by atoms with Gasteiger partial charge in [0.15, 0.2) is 11.9 Å². The number of aliphatic hydroxyl groups excluding tert-OH is 1. The maximum atomic E-state index is 14.0. The third-order valence-corrected chi connectivity index (χ3v) is 10.4. The summed E-state index contributed by atoms with van der Waals surface area (Å²) in [7, 11) is 0. The van der Waals surface area contributed by atoms with Gasteiger partial charge in [0.05, 0.1) is 19.6 Å². The molecule has 72 heavy (non-hydrogen) atoms. The van der Waals surface area contributed by atoms with Crippen molar-refractivity contribution in [1.29, 1.82) is 0 Å². The third-order valence-electron chi connectivity index (χ3n) is 10.4. The van der Waals surface area contributed by atoms with Gasteiger partial charge in [0.2, 0.25) is 47.3 Å². The lowest BCUT2D eigenvalue weighted by atomic mass is 9.99. The smallest absolute Gasteiger partial charge is 0.326 e. The average Bonchev–Trinajstić information content (AvgIpc) is 3.29. The van der Waals surface area contributed by atoms with Crippen molar-refractivity contribution in [1.82, 2.24) is 42.5 Å². The van der Waals surface area contributed by atoms with Gasteiger partial charge in [0.25, 0.3) is 0 Å². The maximum Gasteiger partial charge on any atom is 0.326 e. The number of phenolic OH excluding ortho intramolecular Hbond substituents is 1. The number of aliphatic imine (C=N–C) groups is 2. The number of nitrogens with one attached hydrogen (secondary N) is 8. The molecule has 1 rings (SSSR count). The summed E-state index contributed by atoms with van der Waals surface area (Å²) in [4.78, 5) is 138. The molecule has 0 fully saturated rings. The largest absolute Gasteiger partial charge is 0.508 e. The summed E-state index contributed by atoms with van der Waals surface area (Å²) in [6.45, 7) is 5.97. The number of aliphatic carboxylic acids is 2. The molecule has 1 aromatic carbocycles. The number of phenols is 1. The fraction of sp³-hybridized carbons (Fsp3) is 0.581. The monoisotopic (exact) mass is 1020 g/mol. The first-order chi connectivity index (χ1) is 33.7. The van der Waals surface area contributed by atoms with Crippen molar-refractivity contribution in [2.24, 2.45) is 50.5 Å². The predicted octanol–water partition coefficient (Wildman–Crippen LogP) is -6.24. The number of amides is 8. The second-order valence-electron chi connectivity index (χ2n) is 17.1. The Bertz CT molecular complexity index is 2100. The van der Waals surface area contributed by atoms with Crippen molar-refractivity contribution in [2.45, 2.75) is 121 Å². The normalized spacial score (nSPS) is 14.2. The molecule has 0 spiro atoms. The van der Waals surface area contributed by atoms with Crippen molar-refractivity contribution in [3.63, 3.8) is 0 Å². The quantitative estimate of drug-likeness (QED) is 0.0181. The Labute approximate surface area is 415 Å². The molecule has 0 aliphatic rings. The van der Waals surface area contributed by atoms with Crippen LogP contribution in [0.25, 0.3) is 0 Å². The van der Waals surface area contributed by atoms with Crippen LogP contribution in [0.4, 0.5) is 0 Å². The van der Waals surface area contributed by atoms with Crippen LogP contribution < -0.4 is 71.2 Å². The summed E-state index contributed by atoms with van der Waals surface area (Å²) in [5.74, 6) is -12.6. The van der Waals surface area contributed by atoms with E-state index in [9.17, 15) is 68.4 Å². The number of carbonyl (C=O) groups is 10. The van der Waals surface area contributed by atoms with Gasteiger partial charge in [-0.1, -0.05) is 39.8 Å². The number of carboxylic acids is 2. The van der Waals surface area contributed by atoms with Crippen LogP contribution >= 0.6 is 0 Å². The molecule has 8 amide bonds. The average molecular weight is 1020 g/mol. The van der Waals surface area contributed by atoms with Gasteiger partial charge < -0.3 is 91.6 Å². The molecule has 29 heteroatoms. The molecule has 0 aliphatic heterocycles. The van der Waals surface area contributed by atoms with Gasteiger partial charge in [-0.2, -0.15) is 0 Å². The number of carbonyl (C=O) groups excluding carboxylic acids is 8. The van der Waals surface area contributed by atoms with Crippen LogP contribution in [-0.2, 0) is 54.4 Å². The van der Waals surface area contributed by atoms with Gasteiger partial charge >= 0.3 is 11.9 Å². The minimum atomic E-state index is -1.93. The molecule has 402 valence electrons. The van der Waals surface area contributed by atoms with E-state index in [4.69, 9.17) is 28.7 Å². The van der Waals surface area contributed by atoms with Crippen LogP contribution in [0.5, 0.6) is 5.75 Å². The number of benzene rings is 1. The highest BCUT2D eigenvalue weighted by Gasteiger charge is 2.36. The first-order valence-electron chi connectivity index (χ1n) is 22.8. The topological polar surface area (TPSA) is 503 Å². The Morgan fingerprint density at radius 2 is 0.958 bits per heavy atom. The van der Waals surface area contributed by atoms with E-state index < -0.39 is 139 Å². The number of aromatic hydroxyl groups is 1. The van der Waals surface area contributed by atoms with Crippen LogP contribution in [0.3, 0.4) is 0 Å². The van der Waals surface area contributed by atoms with Crippen LogP contribution in [0, 0.1) is 11.8 Å². The lowest BCUT2D eigenvalue weighted by Crippen LogP contribution is -2.61.